The largest absolute Gasteiger partial charge is 0.279 e. The first-order valence-corrected chi connectivity index (χ1v) is 10.0. The summed E-state index contributed by atoms with van der Waals surface area (Å²) >= 11 is 1.41. The molecule has 0 aliphatic carbocycles. The van der Waals surface area contributed by atoms with E-state index in [2.05, 4.69) is 10.8 Å². The van der Waals surface area contributed by atoms with Gasteiger partial charge in [-0.15, -0.1) is 11.3 Å². The molecule has 1 aromatic heterocycles. The lowest BCUT2D eigenvalue weighted by Gasteiger charge is -2.12. The van der Waals surface area contributed by atoms with Gasteiger partial charge in [-0.2, -0.15) is 5.26 Å². The summed E-state index contributed by atoms with van der Waals surface area (Å²) in [5, 5.41) is 10.7. The van der Waals surface area contributed by atoms with Crippen molar-refractivity contribution in [3.8, 4) is 16.5 Å². The molecule has 0 saturated heterocycles. The van der Waals surface area contributed by atoms with Crippen molar-refractivity contribution in [1.29, 1.82) is 5.26 Å². The summed E-state index contributed by atoms with van der Waals surface area (Å²) in [6, 6.07) is 13.0. The Morgan fingerprint density at radius 3 is 2.46 bits per heavy atom. The molecule has 0 saturated carbocycles. The minimum atomic E-state index is -3.91. The number of halogens is 1. The maximum absolute atomic E-state index is 13.7. The molecule has 0 radical (unpaired) electrons. The van der Waals surface area contributed by atoms with Crippen LogP contribution in [0, 0.1) is 31.0 Å². The minimum Gasteiger partial charge on any atom is -0.279 e. The van der Waals surface area contributed by atoms with E-state index >= 15 is 0 Å². The normalized spacial score (nSPS) is 11.2. The van der Waals surface area contributed by atoms with E-state index in [4.69, 9.17) is 5.26 Å². The van der Waals surface area contributed by atoms with Crippen LogP contribution < -0.4 is 4.72 Å². The maximum Gasteiger partial charge on any atom is 0.262 e. The summed E-state index contributed by atoms with van der Waals surface area (Å²) in [7, 11) is -3.91. The topological polar surface area (TPSA) is 70.0 Å². The lowest BCUT2D eigenvalue weighted by Crippen LogP contribution is -2.14. The Balaban J connectivity index is 1.97. The number of hydrogen-bond donors (Lipinski definition) is 1. The fourth-order valence-corrected chi connectivity index (χ4v) is 4.34. The van der Waals surface area contributed by atoms with Crippen molar-refractivity contribution in [2.45, 2.75) is 18.7 Å². The molecule has 0 bridgehead atoms. The fraction of sp³-hybridized carbons (Fsp3) is 0.105. The van der Waals surface area contributed by atoms with Gasteiger partial charge in [0.05, 0.1) is 16.1 Å². The maximum atomic E-state index is 13.7. The molecule has 4 nitrogen and oxygen atoms in total. The first-order valence-electron chi connectivity index (χ1n) is 7.69. The first kappa shape index (κ1) is 18.1. The van der Waals surface area contributed by atoms with Crippen LogP contribution in [0.5, 0.6) is 0 Å². The Bertz CT molecular complexity index is 1130. The molecule has 3 aromatic rings. The summed E-state index contributed by atoms with van der Waals surface area (Å²) in [5.74, 6) is -0.569. The van der Waals surface area contributed by atoms with Gasteiger partial charge >= 0.3 is 0 Å². The van der Waals surface area contributed by atoms with Gasteiger partial charge < -0.3 is 0 Å². The van der Waals surface area contributed by atoms with Crippen molar-refractivity contribution in [3.63, 3.8) is 0 Å². The number of nitrogens with zero attached hydrogens (tertiary/aromatic N) is 1. The highest BCUT2D eigenvalue weighted by molar-refractivity contribution is 7.92. The van der Waals surface area contributed by atoms with Crippen LogP contribution >= 0.6 is 11.3 Å². The zero-order chi connectivity index (χ0) is 18.9. The van der Waals surface area contributed by atoms with Crippen LogP contribution in [-0.2, 0) is 10.0 Å². The molecule has 26 heavy (non-hydrogen) atoms. The molecule has 0 aliphatic rings. The molecular weight excluding hydrogens is 371 g/mol. The molecule has 1 heterocycles. The highest BCUT2D eigenvalue weighted by atomic mass is 32.2. The summed E-state index contributed by atoms with van der Waals surface area (Å²) in [6.45, 7) is 3.36. The second kappa shape index (κ2) is 6.90. The Morgan fingerprint density at radius 1 is 1.08 bits per heavy atom. The van der Waals surface area contributed by atoms with Crippen molar-refractivity contribution in [2.75, 3.05) is 4.72 Å². The van der Waals surface area contributed by atoms with E-state index < -0.39 is 15.8 Å². The monoisotopic (exact) mass is 386 g/mol. The molecule has 0 atom stereocenters. The first-order chi connectivity index (χ1) is 12.3. The molecule has 7 heteroatoms. The van der Waals surface area contributed by atoms with Crippen LogP contribution in [0.25, 0.3) is 10.4 Å². The third-order valence-electron chi connectivity index (χ3n) is 3.95. The van der Waals surface area contributed by atoms with Crippen molar-refractivity contribution < 1.29 is 12.8 Å². The van der Waals surface area contributed by atoms with Crippen molar-refractivity contribution in [1.82, 2.24) is 0 Å². The average molecular weight is 386 g/mol. The number of thiophene rings is 1. The van der Waals surface area contributed by atoms with Crippen molar-refractivity contribution in [3.05, 3.63) is 70.4 Å². The molecule has 1 N–H and O–H groups in total. The number of anilines is 1. The Morgan fingerprint density at radius 2 is 1.81 bits per heavy atom. The lowest BCUT2D eigenvalue weighted by molar-refractivity contribution is 0.593. The zero-order valence-corrected chi connectivity index (χ0v) is 15.7. The van der Waals surface area contributed by atoms with Crippen LogP contribution in [0.2, 0.25) is 0 Å². The van der Waals surface area contributed by atoms with Gasteiger partial charge in [-0.3, -0.25) is 4.72 Å². The number of sulfonamides is 1. The Labute approximate surface area is 155 Å². The number of aryl methyl sites for hydroxylation is 2. The molecule has 0 aliphatic heterocycles. The van der Waals surface area contributed by atoms with Crippen LogP contribution in [0.4, 0.5) is 10.1 Å². The second-order valence-corrected chi connectivity index (χ2v) is 8.45. The minimum absolute atomic E-state index is 0.131. The van der Waals surface area contributed by atoms with Gasteiger partial charge in [0.1, 0.15) is 11.9 Å². The van der Waals surface area contributed by atoms with Crippen LogP contribution in [-0.4, -0.2) is 8.42 Å². The lowest BCUT2D eigenvalue weighted by atomic mass is 10.1. The molecule has 2 aromatic carbocycles. The Kier molecular flexibility index (Phi) is 4.81. The fourth-order valence-electron chi connectivity index (χ4n) is 2.38. The summed E-state index contributed by atoms with van der Waals surface area (Å²) < 4.78 is 41.5. The van der Waals surface area contributed by atoms with E-state index in [1.807, 2.05) is 6.07 Å². The number of nitriles is 1. The number of hydrogen-bond acceptors (Lipinski definition) is 4. The standard InChI is InChI=1S/C19H15FN2O2S2/c1-12-4-6-16(9-17(12)20)26(23,24)22-18-8-15(5-3-13(18)2)19-7-14(10-21)11-25-19/h3-9,11,22H,1-2H3. The molecule has 0 unspecified atom stereocenters. The van der Waals surface area contributed by atoms with Crippen molar-refractivity contribution >= 4 is 27.0 Å². The third kappa shape index (κ3) is 3.62. The second-order valence-electron chi connectivity index (χ2n) is 5.86. The van der Waals surface area contributed by atoms with E-state index in [9.17, 15) is 12.8 Å². The average Bonchev–Trinajstić information content (AvgIpc) is 3.08. The van der Waals surface area contributed by atoms with Crippen LogP contribution in [0.3, 0.4) is 0 Å². The molecule has 0 fully saturated rings. The summed E-state index contributed by atoms with van der Waals surface area (Å²) in [5.41, 5.74) is 2.89. The van der Waals surface area contributed by atoms with E-state index in [0.29, 0.717) is 16.8 Å². The van der Waals surface area contributed by atoms with Gasteiger partial charge in [-0.1, -0.05) is 18.2 Å². The summed E-state index contributed by atoms with van der Waals surface area (Å²) in [6.07, 6.45) is 0. The quantitative estimate of drug-likeness (QED) is 0.697. The van der Waals surface area contributed by atoms with Crippen LogP contribution in [0.15, 0.2) is 52.7 Å². The number of benzene rings is 2. The molecular formula is C19H15FN2O2S2. The number of nitrogens with one attached hydrogen (secondary N) is 1. The molecule has 132 valence electrons. The highest BCUT2D eigenvalue weighted by Crippen LogP contribution is 2.31. The summed E-state index contributed by atoms with van der Waals surface area (Å²) in [4.78, 5) is 0.733. The number of rotatable bonds is 4. The molecule has 3 rings (SSSR count). The predicted molar refractivity (Wildman–Crippen MR) is 101 cm³/mol. The van der Waals surface area contributed by atoms with Gasteiger partial charge in [0.25, 0.3) is 10.0 Å². The SMILES string of the molecule is Cc1ccc(S(=O)(=O)Nc2cc(-c3cc(C#N)cs3)ccc2C)cc1F. The van der Waals surface area contributed by atoms with Gasteiger partial charge in [0, 0.05) is 10.3 Å². The molecule has 0 spiro atoms. The van der Waals surface area contributed by atoms with Gasteiger partial charge in [0.2, 0.25) is 0 Å². The zero-order valence-electron chi connectivity index (χ0n) is 14.1. The van der Waals surface area contributed by atoms with E-state index in [1.54, 1.807) is 37.4 Å². The van der Waals surface area contributed by atoms with Gasteiger partial charge in [0.15, 0.2) is 0 Å². The highest BCUT2D eigenvalue weighted by Gasteiger charge is 2.17. The predicted octanol–water partition coefficient (Wildman–Crippen LogP) is 4.84. The van der Waals surface area contributed by atoms with Gasteiger partial charge in [-0.25, -0.2) is 12.8 Å². The smallest absolute Gasteiger partial charge is 0.262 e. The van der Waals surface area contributed by atoms with E-state index in [-0.39, 0.29) is 4.90 Å². The van der Waals surface area contributed by atoms with Crippen molar-refractivity contribution in [2.24, 2.45) is 0 Å². The van der Waals surface area contributed by atoms with E-state index in [0.717, 1.165) is 22.1 Å². The third-order valence-corrected chi connectivity index (χ3v) is 6.29. The van der Waals surface area contributed by atoms with Crippen LogP contribution in [0.1, 0.15) is 16.7 Å². The van der Waals surface area contributed by atoms with Gasteiger partial charge in [-0.05, 0) is 54.8 Å². The molecule has 0 amide bonds. The Hall–Kier alpha value is -2.69. The van der Waals surface area contributed by atoms with E-state index in [1.165, 1.54) is 23.5 Å².